The van der Waals surface area contributed by atoms with Gasteiger partial charge >= 0.3 is 0 Å². The first kappa shape index (κ1) is 17.1. The zero-order valence-electron chi connectivity index (χ0n) is 15.8. The summed E-state index contributed by atoms with van der Waals surface area (Å²) in [5, 5.41) is 0. The zero-order chi connectivity index (χ0) is 17.1. The molecule has 0 aromatic heterocycles. The van der Waals surface area contributed by atoms with Crippen LogP contribution in [0.3, 0.4) is 0 Å². The Kier molecular flexibility index (Phi) is 5.40. The lowest BCUT2D eigenvalue weighted by Crippen LogP contribution is -2.29. The first-order valence-electron chi connectivity index (χ1n) is 10.4. The van der Waals surface area contributed by atoms with Crippen LogP contribution in [0.5, 0.6) is 0 Å². The Labute approximate surface area is 153 Å². The number of benzene rings is 1. The van der Waals surface area contributed by atoms with Crippen molar-refractivity contribution in [2.75, 3.05) is 31.6 Å². The molecule has 1 aliphatic carbocycles. The summed E-state index contributed by atoms with van der Waals surface area (Å²) < 4.78 is 0. The van der Waals surface area contributed by atoms with Crippen molar-refractivity contribution in [2.45, 2.75) is 64.3 Å². The molecule has 3 aliphatic rings. The van der Waals surface area contributed by atoms with Crippen molar-refractivity contribution < 1.29 is 0 Å². The van der Waals surface area contributed by atoms with Gasteiger partial charge in [-0.25, -0.2) is 0 Å². The first-order valence-corrected chi connectivity index (χ1v) is 10.4. The molecule has 0 unspecified atom stereocenters. The lowest BCUT2D eigenvalue weighted by molar-refractivity contribution is 0.221. The second kappa shape index (κ2) is 7.90. The quantitative estimate of drug-likeness (QED) is 0.773. The van der Waals surface area contributed by atoms with E-state index in [2.05, 4.69) is 35.2 Å². The van der Waals surface area contributed by atoms with Gasteiger partial charge in [0, 0.05) is 19.8 Å². The molecule has 1 saturated heterocycles. The molecular formula is C22H33N3. The number of rotatable bonds is 4. The molecule has 3 heteroatoms. The molecule has 0 N–H and O–H groups in total. The Hall–Kier alpha value is -1.35. The maximum atomic E-state index is 4.77. The number of aliphatic imine (C=N–C) groups is 1. The lowest BCUT2D eigenvalue weighted by atomic mass is 9.84. The molecule has 3 nitrogen and oxygen atoms in total. The highest BCUT2D eigenvalue weighted by Crippen LogP contribution is 2.38. The molecular weight excluding hydrogens is 306 g/mol. The van der Waals surface area contributed by atoms with Crippen molar-refractivity contribution >= 4 is 17.6 Å². The minimum absolute atomic E-state index is 0.877. The van der Waals surface area contributed by atoms with E-state index >= 15 is 0 Å². The lowest BCUT2D eigenvalue weighted by Gasteiger charge is -2.31. The van der Waals surface area contributed by atoms with Crippen LogP contribution >= 0.6 is 0 Å². The first-order chi connectivity index (χ1) is 12.3. The van der Waals surface area contributed by atoms with Crippen LogP contribution in [0.2, 0.25) is 0 Å². The van der Waals surface area contributed by atoms with Gasteiger partial charge in [0.05, 0.1) is 17.9 Å². The molecule has 0 radical (unpaired) electrons. The Bertz CT molecular complexity index is 610. The highest BCUT2D eigenvalue weighted by molar-refractivity contribution is 5.83. The van der Waals surface area contributed by atoms with Gasteiger partial charge in [-0.2, -0.15) is 0 Å². The van der Waals surface area contributed by atoms with Crippen LogP contribution in [-0.4, -0.2) is 37.8 Å². The monoisotopic (exact) mass is 339 g/mol. The number of anilines is 1. The largest absolute Gasteiger partial charge is 0.367 e. The smallest absolute Gasteiger partial charge is 0.0866 e. The van der Waals surface area contributed by atoms with Gasteiger partial charge in [-0.15, -0.1) is 0 Å². The van der Waals surface area contributed by atoms with Gasteiger partial charge in [-0.3, -0.25) is 9.89 Å². The minimum Gasteiger partial charge on any atom is -0.367 e. The van der Waals surface area contributed by atoms with E-state index < -0.39 is 0 Å². The van der Waals surface area contributed by atoms with E-state index in [1.54, 1.807) is 5.56 Å². The molecule has 0 bridgehead atoms. The minimum atomic E-state index is 0.877. The van der Waals surface area contributed by atoms with Crippen LogP contribution in [0.15, 0.2) is 17.1 Å². The van der Waals surface area contributed by atoms with E-state index in [9.17, 15) is 0 Å². The standard InChI is InChI=1S/C22H33N3/c1-24-13-10-23-21-16-19(17-25-11-6-3-7-12-25)15-20(22(21)24)14-18-8-4-2-5-9-18/h10,15-16,18H,2-9,11-14,17H2,1H3. The van der Waals surface area contributed by atoms with Crippen LogP contribution in [0.25, 0.3) is 0 Å². The summed E-state index contributed by atoms with van der Waals surface area (Å²) >= 11 is 0. The van der Waals surface area contributed by atoms with Crippen LogP contribution in [0.4, 0.5) is 11.4 Å². The predicted molar refractivity (Wildman–Crippen MR) is 107 cm³/mol. The van der Waals surface area contributed by atoms with E-state index in [0.717, 1.165) is 19.0 Å². The van der Waals surface area contributed by atoms with Crippen LogP contribution in [-0.2, 0) is 13.0 Å². The van der Waals surface area contributed by atoms with Gasteiger partial charge < -0.3 is 4.90 Å². The third-order valence-electron chi connectivity index (χ3n) is 6.28. The number of hydrogen-bond donors (Lipinski definition) is 0. The molecule has 136 valence electrons. The number of nitrogens with zero attached hydrogens (tertiary/aromatic N) is 3. The third kappa shape index (κ3) is 4.08. The van der Waals surface area contributed by atoms with Gasteiger partial charge in [0.15, 0.2) is 0 Å². The molecule has 2 fully saturated rings. The predicted octanol–water partition coefficient (Wildman–Crippen LogP) is 4.95. The van der Waals surface area contributed by atoms with Crippen molar-refractivity contribution in [3.8, 4) is 0 Å². The summed E-state index contributed by atoms with van der Waals surface area (Å²) in [6, 6.07) is 4.86. The van der Waals surface area contributed by atoms with Crippen LogP contribution < -0.4 is 4.90 Å². The summed E-state index contributed by atoms with van der Waals surface area (Å²) in [5.74, 6) is 0.877. The van der Waals surface area contributed by atoms with Crippen LogP contribution in [0.1, 0.15) is 62.5 Å². The molecule has 0 spiro atoms. The van der Waals surface area contributed by atoms with Crippen molar-refractivity contribution in [3.63, 3.8) is 0 Å². The van der Waals surface area contributed by atoms with Crippen molar-refractivity contribution in [3.05, 3.63) is 23.3 Å². The number of fused-ring (bicyclic) bond motifs is 1. The third-order valence-corrected chi connectivity index (χ3v) is 6.28. The average molecular weight is 340 g/mol. The second-order valence-corrected chi connectivity index (χ2v) is 8.36. The van der Waals surface area contributed by atoms with Crippen LogP contribution in [0, 0.1) is 5.92 Å². The van der Waals surface area contributed by atoms with E-state index in [-0.39, 0.29) is 0 Å². The van der Waals surface area contributed by atoms with E-state index in [1.807, 2.05) is 0 Å². The molecule has 4 rings (SSSR count). The van der Waals surface area contributed by atoms with E-state index in [4.69, 9.17) is 4.99 Å². The Balaban J connectivity index is 1.59. The number of hydrogen-bond acceptors (Lipinski definition) is 3. The number of likely N-dealkylation sites (tertiary alicyclic amines) is 1. The highest BCUT2D eigenvalue weighted by atomic mass is 15.1. The highest BCUT2D eigenvalue weighted by Gasteiger charge is 2.22. The van der Waals surface area contributed by atoms with Crippen molar-refractivity contribution in [1.29, 1.82) is 0 Å². The van der Waals surface area contributed by atoms with Gasteiger partial charge in [0.25, 0.3) is 0 Å². The topological polar surface area (TPSA) is 18.8 Å². The fourth-order valence-corrected chi connectivity index (χ4v) is 4.96. The van der Waals surface area contributed by atoms with Gasteiger partial charge in [-0.1, -0.05) is 44.6 Å². The average Bonchev–Trinajstić information content (AvgIpc) is 2.63. The molecule has 1 aromatic carbocycles. The van der Waals surface area contributed by atoms with Gasteiger partial charge in [-0.05, 0) is 55.5 Å². The normalized spacial score (nSPS) is 22.2. The van der Waals surface area contributed by atoms with Gasteiger partial charge in [0.1, 0.15) is 0 Å². The fourth-order valence-electron chi connectivity index (χ4n) is 4.96. The van der Waals surface area contributed by atoms with E-state index in [0.29, 0.717) is 0 Å². The Morgan fingerprint density at radius 3 is 2.56 bits per heavy atom. The molecule has 1 saturated carbocycles. The second-order valence-electron chi connectivity index (χ2n) is 8.36. The summed E-state index contributed by atoms with van der Waals surface area (Å²) in [6.07, 6.45) is 14.6. The molecule has 2 aliphatic heterocycles. The summed E-state index contributed by atoms with van der Waals surface area (Å²) in [4.78, 5) is 9.79. The Morgan fingerprint density at radius 1 is 1.00 bits per heavy atom. The molecule has 0 atom stereocenters. The fraction of sp³-hybridized carbons (Fsp3) is 0.682. The van der Waals surface area contributed by atoms with Gasteiger partial charge in [0.2, 0.25) is 0 Å². The SMILES string of the molecule is CN1CC=Nc2cc(CN3CCCCC3)cc(CC3CCCCC3)c21. The summed E-state index contributed by atoms with van der Waals surface area (Å²) in [7, 11) is 2.22. The summed E-state index contributed by atoms with van der Waals surface area (Å²) in [6.45, 7) is 4.57. The maximum Gasteiger partial charge on any atom is 0.0866 e. The zero-order valence-corrected chi connectivity index (χ0v) is 15.8. The van der Waals surface area contributed by atoms with Crippen molar-refractivity contribution in [1.82, 2.24) is 4.90 Å². The van der Waals surface area contributed by atoms with E-state index in [1.165, 1.54) is 87.8 Å². The summed E-state index contributed by atoms with van der Waals surface area (Å²) in [5.41, 5.74) is 5.62. The number of piperidine rings is 1. The molecule has 25 heavy (non-hydrogen) atoms. The van der Waals surface area contributed by atoms with Crippen molar-refractivity contribution in [2.24, 2.45) is 10.9 Å². The Morgan fingerprint density at radius 2 is 1.76 bits per heavy atom. The molecule has 1 aromatic rings. The molecule has 0 amide bonds. The molecule has 2 heterocycles. The maximum absolute atomic E-state index is 4.77.